The number of aromatic nitrogens is 1. The van der Waals surface area contributed by atoms with Gasteiger partial charge in [-0.2, -0.15) is 0 Å². The average molecular weight is 310 g/mol. The standard InChI is InChI=1S/C11H9NO4S2.Al/c13-9(14)5-8(10(15)16)18-11-12-6-3-1-2-4-7(6)17-11;/h1-4,8H,5H2,(H,13,14)(H,15,16);. The summed E-state index contributed by atoms with van der Waals surface area (Å²) in [5.41, 5.74) is 0.796. The maximum atomic E-state index is 10.9. The minimum absolute atomic E-state index is 0. The third-order valence-electron chi connectivity index (χ3n) is 2.15. The molecule has 2 rings (SSSR count). The molecule has 1 unspecified atom stereocenters. The van der Waals surface area contributed by atoms with E-state index < -0.39 is 23.6 Å². The van der Waals surface area contributed by atoms with Crippen molar-refractivity contribution in [1.82, 2.24) is 4.98 Å². The van der Waals surface area contributed by atoms with Crippen molar-refractivity contribution in [3.8, 4) is 0 Å². The molecule has 5 nitrogen and oxygen atoms in total. The molecule has 2 N–H and O–H groups in total. The van der Waals surface area contributed by atoms with Gasteiger partial charge in [-0.05, 0) is 12.1 Å². The van der Waals surface area contributed by atoms with Crippen molar-refractivity contribution in [3.63, 3.8) is 0 Å². The summed E-state index contributed by atoms with van der Waals surface area (Å²) in [6, 6.07) is 7.45. The van der Waals surface area contributed by atoms with Gasteiger partial charge in [-0.1, -0.05) is 23.9 Å². The largest absolute Gasteiger partial charge is 0.481 e. The van der Waals surface area contributed by atoms with Gasteiger partial charge in [-0.3, -0.25) is 9.59 Å². The molecular weight excluding hydrogens is 301 g/mol. The minimum atomic E-state index is -1.14. The van der Waals surface area contributed by atoms with E-state index in [1.165, 1.54) is 11.3 Å². The second-order valence-electron chi connectivity index (χ2n) is 3.49. The van der Waals surface area contributed by atoms with Crippen LogP contribution in [0.2, 0.25) is 0 Å². The Hall–Kier alpha value is -1.07. The molecule has 0 amide bonds. The Labute approximate surface area is 127 Å². The number of rotatable bonds is 5. The zero-order chi connectivity index (χ0) is 13.1. The smallest absolute Gasteiger partial charge is 0.317 e. The maximum absolute atomic E-state index is 10.9. The highest BCUT2D eigenvalue weighted by atomic mass is 32.2. The first-order chi connectivity index (χ1) is 8.56. The highest BCUT2D eigenvalue weighted by molar-refractivity contribution is 8.02. The van der Waals surface area contributed by atoms with Gasteiger partial charge < -0.3 is 10.2 Å². The van der Waals surface area contributed by atoms with Gasteiger partial charge in [-0.25, -0.2) is 4.98 Å². The lowest BCUT2D eigenvalue weighted by atomic mass is 10.3. The number of hydrogen-bond acceptors (Lipinski definition) is 5. The number of carboxylic acid groups (broad SMARTS) is 2. The Morgan fingerprint density at radius 2 is 2.00 bits per heavy atom. The van der Waals surface area contributed by atoms with E-state index >= 15 is 0 Å². The van der Waals surface area contributed by atoms with E-state index in [4.69, 9.17) is 10.2 Å². The van der Waals surface area contributed by atoms with Crippen LogP contribution in [0.25, 0.3) is 10.2 Å². The van der Waals surface area contributed by atoms with Gasteiger partial charge >= 0.3 is 11.9 Å². The first-order valence-corrected chi connectivity index (χ1v) is 6.72. The normalized spacial score (nSPS) is 11.8. The number of nitrogens with zero attached hydrogens (tertiary/aromatic N) is 1. The van der Waals surface area contributed by atoms with Gasteiger partial charge in [0.1, 0.15) is 5.25 Å². The van der Waals surface area contributed by atoms with Gasteiger partial charge in [0.15, 0.2) is 4.34 Å². The first-order valence-electron chi connectivity index (χ1n) is 5.03. The lowest BCUT2D eigenvalue weighted by molar-refractivity contribution is -0.142. The van der Waals surface area contributed by atoms with Crippen molar-refractivity contribution in [1.29, 1.82) is 0 Å². The van der Waals surface area contributed by atoms with E-state index in [-0.39, 0.29) is 17.4 Å². The fourth-order valence-electron chi connectivity index (χ4n) is 1.36. The monoisotopic (exact) mass is 310 g/mol. The van der Waals surface area contributed by atoms with Crippen LogP contribution < -0.4 is 0 Å². The summed E-state index contributed by atoms with van der Waals surface area (Å²) in [5, 5.41) is 16.6. The predicted molar refractivity (Wildman–Crippen MR) is 74.9 cm³/mol. The van der Waals surface area contributed by atoms with Crippen LogP contribution in [-0.4, -0.2) is 49.7 Å². The molecule has 8 heteroatoms. The van der Waals surface area contributed by atoms with Crippen molar-refractivity contribution < 1.29 is 19.8 Å². The van der Waals surface area contributed by atoms with Crippen molar-refractivity contribution >= 4 is 62.6 Å². The van der Waals surface area contributed by atoms with E-state index in [1.54, 1.807) is 0 Å². The fraction of sp³-hybridized carbons (Fsp3) is 0.182. The quantitative estimate of drug-likeness (QED) is 0.648. The summed E-state index contributed by atoms with van der Waals surface area (Å²) in [6.07, 6.45) is -0.421. The van der Waals surface area contributed by atoms with E-state index in [1.807, 2.05) is 24.3 Å². The van der Waals surface area contributed by atoms with Crippen LogP contribution in [0.3, 0.4) is 0 Å². The third-order valence-corrected chi connectivity index (χ3v) is 4.47. The van der Waals surface area contributed by atoms with Gasteiger partial charge in [0, 0.05) is 17.4 Å². The number of benzene rings is 1. The zero-order valence-corrected chi connectivity index (χ0v) is 12.4. The first kappa shape index (κ1) is 16.0. The van der Waals surface area contributed by atoms with E-state index in [9.17, 15) is 9.59 Å². The van der Waals surface area contributed by atoms with Crippen LogP contribution in [0.1, 0.15) is 6.42 Å². The molecule has 0 bridgehead atoms. The molecule has 0 fully saturated rings. The van der Waals surface area contributed by atoms with Crippen LogP contribution in [0.4, 0.5) is 0 Å². The summed E-state index contributed by atoms with van der Waals surface area (Å²) in [6.45, 7) is 0. The molecule has 0 saturated carbocycles. The Kier molecular flexibility index (Phi) is 5.82. The Morgan fingerprint density at radius 1 is 1.32 bits per heavy atom. The van der Waals surface area contributed by atoms with Crippen LogP contribution in [0, 0.1) is 0 Å². The van der Waals surface area contributed by atoms with Crippen molar-refractivity contribution in [2.24, 2.45) is 0 Å². The lowest BCUT2D eigenvalue weighted by Crippen LogP contribution is -2.20. The van der Waals surface area contributed by atoms with E-state index in [2.05, 4.69) is 4.98 Å². The SMILES string of the molecule is O=C(O)CC(Sc1nc2ccccc2s1)C(=O)O.[Al]. The Balaban J connectivity index is 0.00000180. The molecule has 3 radical (unpaired) electrons. The van der Waals surface area contributed by atoms with Gasteiger partial charge in [-0.15, -0.1) is 11.3 Å². The number of hydrogen-bond donors (Lipinski definition) is 2. The number of thioether (sulfide) groups is 1. The minimum Gasteiger partial charge on any atom is -0.481 e. The summed E-state index contributed by atoms with van der Waals surface area (Å²) in [7, 11) is 0. The molecule has 1 aromatic carbocycles. The number of carbonyl (C=O) groups is 2. The molecule has 1 heterocycles. The van der Waals surface area contributed by atoms with Gasteiger partial charge in [0.05, 0.1) is 16.6 Å². The summed E-state index contributed by atoms with van der Waals surface area (Å²) < 4.78 is 1.53. The summed E-state index contributed by atoms with van der Waals surface area (Å²) >= 11 is 2.34. The zero-order valence-electron chi connectivity index (χ0n) is 9.65. The van der Waals surface area contributed by atoms with Crippen molar-refractivity contribution in [3.05, 3.63) is 24.3 Å². The van der Waals surface area contributed by atoms with Crippen LogP contribution in [-0.2, 0) is 9.59 Å². The molecule has 0 saturated heterocycles. The second-order valence-corrected chi connectivity index (χ2v) is 5.97. The molecule has 2 aromatic rings. The van der Waals surface area contributed by atoms with Crippen LogP contribution in [0.5, 0.6) is 0 Å². The molecular formula is C11H9AlNO4S2. The predicted octanol–water partition coefficient (Wildman–Crippen LogP) is 1.94. The molecule has 0 aliphatic rings. The van der Waals surface area contributed by atoms with Crippen molar-refractivity contribution in [2.75, 3.05) is 0 Å². The third kappa shape index (κ3) is 4.21. The van der Waals surface area contributed by atoms with E-state index in [0.717, 1.165) is 22.0 Å². The Morgan fingerprint density at radius 3 is 2.58 bits per heavy atom. The summed E-state index contributed by atoms with van der Waals surface area (Å²) in [4.78, 5) is 25.8. The number of aliphatic carboxylic acids is 2. The maximum Gasteiger partial charge on any atom is 0.317 e. The second kappa shape index (κ2) is 6.91. The topological polar surface area (TPSA) is 87.5 Å². The molecule has 0 aliphatic heterocycles. The molecule has 0 spiro atoms. The fourth-order valence-corrected chi connectivity index (χ4v) is 3.59. The van der Waals surface area contributed by atoms with Crippen LogP contribution in [0.15, 0.2) is 28.6 Å². The van der Waals surface area contributed by atoms with E-state index in [0.29, 0.717) is 4.34 Å². The molecule has 19 heavy (non-hydrogen) atoms. The average Bonchev–Trinajstić information content (AvgIpc) is 2.69. The van der Waals surface area contributed by atoms with Gasteiger partial charge in [0.2, 0.25) is 0 Å². The number of para-hydroxylation sites is 1. The molecule has 1 atom stereocenters. The van der Waals surface area contributed by atoms with Crippen LogP contribution >= 0.6 is 23.1 Å². The van der Waals surface area contributed by atoms with Gasteiger partial charge in [0.25, 0.3) is 0 Å². The number of fused-ring (bicyclic) bond motifs is 1. The number of thiazole rings is 1. The highest BCUT2D eigenvalue weighted by Gasteiger charge is 2.23. The lowest BCUT2D eigenvalue weighted by Gasteiger charge is -2.06. The number of carboxylic acids is 2. The molecule has 97 valence electrons. The van der Waals surface area contributed by atoms with Crippen molar-refractivity contribution in [2.45, 2.75) is 16.0 Å². The Bertz CT molecular complexity index is 568. The molecule has 0 aliphatic carbocycles. The summed E-state index contributed by atoms with van der Waals surface area (Å²) in [5.74, 6) is -2.27. The molecule has 1 aromatic heterocycles. The highest BCUT2D eigenvalue weighted by Crippen LogP contribution is 2.33.